The average Bonchev–Trinajstić information content (AvgIpc) is 2.43. The van der Waals surface area contributed by atoms with Crippen LogP contribution in [-0.2, 0) is 17.3 Å². The number of aromatic nitrogens is 1. The van der Waals surface area contributed by atoms with Gasteiger partial charge in [0.2, 0.25) is 0 Å². The minimum absolute atomic E-state index is 0.649. The van der Waals surface area contributed by atoms with E-state index in [4.69, 9.17) is 0 Å². The molecule has 0 aliphatic heterocycles. The van der Waals surface area contributed by atoms with Gasteiger partial charge in [-0.3, -0.25) is 4.21 Å². The molecule has 0 aromatic carbocycles. The van der Waals surface area contributed by atoms with Crippen molar-refractivity contribution in [2.24, 2.45) is 0 Å². The Hall–Kier alpha value is -0.570. The topological polar surface area (TPSA) is 22.0 Å². The van der Waals surface area contributed by atoms with Gasteiger partial charge in [-0.2, -0.15) is 0 Å². The fourth-order valence-electron chi connectivity index (χ4n) is 1.39. The molecule has 0 radical (unpaired) electrons. The number of hydrogen-bond acceptors (Lipinski definition) is 1. The summed E-state index contributed by atoms with van der Waals surface area (Å²) in [7, 11) is -0.649. The van der Waals surface area contributed by atoms with E-state index in [0.717, 1.165) is 18.1 Å². The summed E-state index contributed by atoms with van der Waals surface area (Å²) in [5.41, 5.74) is 2.51. The Balaban J connectivity index is 2.58. The molecule has 0 aliphatic carbocycles. The normalized spacial score (nSPS) is 13.2. The van der Waals surface area contributed by atoms with Crippen molar-refractivity contribution in [1.82, 2.24) is 4.57 Å². The van der Waals surface area contributed by atoms with Crippen LogP contribution in [0.5, 0.6) is 0 Å². The fraction of sp³-hybridized carbons (Fsp3) is 0.600. The molecule has 13 heavy (non-hydrogen) atoms. The molecule has 1 heterocycles. The summed E-state index contributed by atoms with van der Waals surface area (Å²) in [6.07, 6.45) is 0. The molecule has 2 nitrogen and oxygen atoms in total. The number of rotatable bonds is 4. The van der Waals surface area contributed by atoms with Gasteiger partial charge in [0.15, 0.2) is 0 Å². The highest BCUT2D eigenvalue weighted by atomic mass is 32.2. The lowest BCUT2D eigenvalue weighted by Crippen LogP contribution is -2.10. The molecule has 0 amide bonds. The Morgan fingerprint density at radius 1 is 1.31 bits per heavy atom. The first-order valence-corrected chi connectivity index (χ1v) is 6.11. The maximum atomic E-state index is 11.2. The molecule has 3 heteroatoms. The molecule has 0 N–H and O–H groups in total. The maximum Gasteiger partial charge on any atom is 0.0414 e. The molecule has 0 fully saturated rings. The molecule has 1 atom stereocenters. The minimum Gasteiger partial charge on any atom is -0.348 e. The minimum atomic E-state index is -0.649. The maximum absolute atomic E-state index is 11.2. The Labute approximate surface area is 82.4 Å². The van der Waals surface area contributed by atoms with E-state index in [1.807, 2.05) is 6.92 Å². The van der Waals surface area contributed by atoms with Gasteiger partial charge < -0.3 is 4.57 Å². The van der Waals surface area contributed by atoms with Gasteiger partial charge in [0.1, 0.15) is 0 Å². The molecule has 74 valence electrons. The molecule has 1 aromatic heterocycles. The predicted molar refractivity (Wildman–Crippen MR) is 57.5 cm³/mol. The molecule has 0 bridgehead atoms. The monoisotopic (exact) mass is 199 g/mol. The van der Waals surface area contributed by atoms with Crippen LogP contribution in [0.2, 0.25) is 0 Å². The summed E-state index contributed by atoms with van der Waals surface area (Å²) >= 11 is 0. The van der Waals surface area contributed by atoms with Crippen LogP contribution in [0.25, 0.3) is 0 Å². The second-order valence-electron chi connectivity index (χ2n) is 3.20. The van der Waals surface area contributed by atoms with Crippen LogP contribution < -0.4 is 0 Å². The molecule has 1 rings (SSSR count). The summed E-state index contributed by atoms with van der Waals surface area (Å²) in [4.78, 5) is 0. The number of hydrogen-bond donors (Lipinski definition) is 0. The third kappa shape index (κ3) is 2.69. The lowest BCUT2D eigenvalue weighted by atomic mass is 10.5. The molecule has 0 aliphatic rings. The van der Waals surface area contributed by atoms with Gasteiger partial charge in [-0.25, -0.2) is 0 Å². The van der Waals surface area contributed by atoms with Gasteiger partial charge in [-0.1, -0.05) is 6.92 Å². The van der Waals surface area contributed by atoms with Crippen molar-refractivity contribution in [3.05, 3.63) is 23.5 Å². The third-order valence-corrected chi connectivity index (χ3v) is 3.56. The van der Waals surface area contributed by atoms with Crippen molar-refractivity contribution >= 4 is 10.8 Å². The fourth-order valence-corrected chi connectivity index (χ4v) is 2.06. The molecule has 0 saturated carbocycles. The lowest BCUT2D eigenvalue weighted by Gasteiger charge is -2.07. The molecular formula is C10H17NOS. The Morgan fingerprint density at radius 3 is 2.31 bits per heavy atom. The largest absolute Gasteiger partial charge is 0.348 e. The average molecular weight is 199 g/mol. The quantitative estimate of drug-likeness (QED) is 0.725. The first-order chi connectivity index (χ1) is 6.15. The van der Waals surface area contributed by atoms with E-state index in [2.05, 4.69) is 30.5 Å². The molecule has 1 aromatic rings. The van der Waals surface area contributed by atoms with Crippen LogP contribution in [0.3, 0.4) is 0 Å². The zero-order valence-corrected chi connectivity index (χ0v) is 9.36. The van der Waals surface area contributed by atoms with E-state index in [-0.39, 0.29) is 0 Å². The summed E-state index contributed by atoms with van der Waals surface area (Å²) in [6.45, 7) is 7.01. The van der Waals surface area contributed by atoms with E-state index in [1.54, 1.807) is 0 Å². The van der Waals surface area contributed by atoms with Crippen molar-refractivity contribution in [1.29, 1.82) is 0 Å². The number of nitrogens with zero attached hydrogens (tertiary/aromatic N) is 1. The molecule has 0 saturated heterocycles. The highest BCUT2D eigenvalue weighted by Gasteiger charge is 2.02. The zero-order chi connectivity index (χ0) is 9.84. The summed E-state index contributed by atoms with van der Waals surface area (Å²) in [5, 5.41) is 0. The van der Waals surface area contributed by atoms with Crippen LogP contribution >= 0.6 is 0 Å². The van der Waals surface area contributed by atoms with Crippen LogP contribution in [0.1, 0.15) is 18.3 Å². The van der Waals surface area contributed by atoms with Gasteiger partial charge >= 0.3 is 0 Å². The van der Waals surface area contributed by atoms with Crippen LogP contribution in [-0.4, -0.2) is 20.3 Å². The summed E-state index contributed by atoms with van der Waals surface area (Å²) in [6, 6.07) is 4.20. The number of aryl methyl sites for hydroxylation is 2. The molecule has 1 unspecified atom stereocenters. The lowest BCUT2D eigenvalue weighted by molar-refractivity contribution is 0.668. The van der Waals surface area contributed by atoms with Gasteiger partial charge in [0.05, 0.1) is 0 Å². The SMILES string of the molecule is CCS(=O)CCn1c(C)ccc1C. The Kier molecular flexibility index (Phi) is 3.72. The highest BCUT2D eigenvalue weighted by Crippen LogP contribution is 2.06. The van der Waals surface area contributed by atoms with E-state index in [0.29, 0.717) is 0 Å². The first kappa shape index (κ1) is 10.5. The van der Waals surface area contributed by atoms with Gasteiger partial charge in [-0.05, 0) is 26.0 Å². The van der Waals surface area contributed by atoms with Gasteiger partial charge in [0.25, 0.3) is 0 Å². The van der Waals surface area contributed by atoms with Crippen molar-refractivity contribution < 1.29 is 4.21 Å². The van der Waals surface area contributed by atoms with E-state index >= 15 is 0 Å². The van der Waals surface area contributed by atoms with E-state index < -0.39 is 10.8 Å². The standard InChI is InChI=1S/C10H17NOS/c1-4-13(12)8-7-11-9(2)5-6-10(11)3/h5-6H,4,7-8H2,1-3H3. The van der Waals surface area contributed by atoms with Crippen LogP contribution in [0, 0.1) is 13.8 Å². The second kappa shape index (κ2) is 4.61. The first-order valence-electron chi connectivity index (χ1n) is 4.63. The van der Waals surface area contributed by atoms with E-state index in [9.17, 15) is 4.21 Å². The van der Waals surface area contributed by atoms with E-state index in [1.165, 1.54) is 11.4 Å². The molecule has 0 spiro atoms. The van der Waals surface area contributed by atoms with Crippen molar-refractivity contribution in [2.75, 3.05) is 11.5 Å². The predicted octanol–water partition coefficient (Wildman–Crippen LogP) is 1.87. The van der Waals surface area contributed by atoms with Crippen molar-refractivity contribution in [3.8, 4) is 0 Å². The highest BCUT2D eigenvalue weighted by molar-refractivity contribution is 7.84. The summed E-state index contributed by atoms with van der Waals surface area (Å²) < 4.78 is 13.4. The summed E-state index contributed by atoms with van der Waals surface area (Å²) in [5.74, 6) is 1.53. The van der Waals surface area contributed by atoms with Crippen molar-refractivity contribution in [2.45, 2.75) is 27.3 Å². The van der Waals surface area contributed by atoms with Crippen LogP contribution in [0.15, 0.2) is 12.1 Å². The Morgan fingerprint density at radius 2 is 1.85 bits per heavy atom. The smallest absolute Gasteiger partial charge is 0.0414 e. The van der Waals surface area contributed by atoms with Gasteiger partial charge in [-0.15, -0.1) is 0 Å². The molecular weight excluding hydrogens is 182 g/mol. The Bertz CT molecular complexity index is 284. The third-order valence-electron chi connectivity index (χ3n) is 2.28. The zero-order valence-electron chi connectivity index (χ0n) is 8.54. The van der Waals surface area contributed by atoms with Crippen molar-refractivity contribution in [3.63, 3.8) is 0 Å². The second-order valence-corrected chi connectivity index (χ2v) is 5.07. The van der Waals surface area contributed by atoms with Crippen LogP contribution in [0.4, 0.5) is 0 Å². The van der Waals surface area contributed by atoms with Gasteiger partial charge in [0, 0.05) is 40.2 Å².